The molecule has 0 bridgehead atoms. The summed E-state index contributed by atoms with van der Waals surface area (Å²) in [5.74, 6) is 1.45. The van der Waals surface area contributed by atoms with Crippen molar-refractivity contribution in [2.45, 2.75) is 24.5 Å². The molecular formula is C12H13ClOS. The summed E-state index contributed by atoms with van der Waals surface area (Å²) >= 11 is 7.80. The molecule has 0 N–H and O–H groups in total. The molecule has 0 aromatic heterocycles. The van der Waals surface area contributed by atoms with Crippen molar-refractivity contribution in [3.8, 4) is 0 Å². The van der Waals surface area contributed by atoms with E-state index in [1.807, 2.05) is 24.3 Å². The van der Waals surface area contributed by atoms with Gasteiger partial charge in [0.25, 0.3) is 0 Å². The summed E-state index contributed by atoms with van der Waals surface area (Å²) < 4.78 is 0. The number of rotatable bonds is 3. The van der Waals surface area contributed by atoms with Crippen LogP contribution in [0.3, 0.4) is 0 Å². The van der Waals surface area contributed by atoms with Crippen molar-refractivity contribution in [1.29, 1.82) is 0 Å². The third kappa shape index (κ3) is 2.76. The van der Waals surface area contributed by atoms with Gasteiger partial charge in [-0.3, -0.25) is 4.79 Å². The maximum Gasteiger partial charge on any atom is 0.150 e. The van der Waals surface area contributed by atoms with Gasteiger partial charge >= 0.3 is 0 Å². The molecule has 1 aliphatic heterocycles. The lowest BCUT2D eigenvalue weighted by Crippen LogP contribution is -2.16. The molecule has 0 amide bonds. The SMILES string of the molecule is O=C(Cc1ccccc1Cl)C1CCCS1. The van der Waals surface area contributed by atoms with Crippen LogP contribution < -0.4 is 0 Å². The van der Waals surface area contributed by atoms with E-state index in [2.05, 4.69) is 0 Å². The van der Waals surface area contributed by atoms with Crippen molar-refractivity contribution in [2.75, 3.05) is 5.75 Å². The molecule has 0 radical (unpaired) electrons. The molecule has 0 spiro atoms. The van der Waals surface area contributed by atoms with Crippen molar-refractivity contribution in [1.82, 2.24) is 0 Å². The lowest BCUT2D eigenvalue weighted by Gasteiger charge is -2.08. The van der Waals surface area contributed by atoms with Gasteiger partial charge in [0.15, 0.2) is 0 Å². The minimum Gasteiger partial charge on any atom is -0.298 e. The molecule has 1 aromatic rings. The zero-order valence-corrected chi connectivity index (χ0v) is 9.98. The molecule has 1 unspecified atom stereocenters. The maximum atomic E-state index is 11.9. The molecule has 15 heavy (non-hydrogen) atoms. The minimum atomic E-state index is 0.210. The normalized spacial score (nSPS) is 20.5. The van der Waals surface area contributed by atoms with Gasteiger partial charge in [0.1, 0.15) is 5.78 Å². The number of Topliss-reactive ketones (excluding diaryl/α,β-unsaturated/α-hetero) is 1. The van der Waals surface area contributed by atoms with E-state index >= 15 is 0 Å². The lowest BCUT2D eigenvalue weighted by atomic mass is 10.0. The Bertz CT molecular complexity index is 358. The molecule has 0 saturated carbocycles. The number of benzene rings is 1. The zero-order chi connectivity index (χ0) is 10.7. The number of carbonyl (C=O) groups is 1. The van der Waals surface area contributed by atoms with Crippen molar-refractivity contribution in [2.24, 2.45) is 0 Å². The summed E-state index contributed by atoms with van der Waals surface area (Å²) in [6, 6.07) is 7.59. The average molecular weight is 241 g/mol. The first kappa shape index (κ1) is 11.0. The van der Waals surface area contributed by atoms with Crippen LogP contribution in [0, 0.1) is 0 Å². The highest BCUT2D eigenvalue weighted by atomic mass is 35.5. The third-order valence-electron chi connectivity index (χ3n) is 2.61. The van der Waals surface area contributed by atoms with Gasteiger partial charge in [-0.05, 0) is 30.2 Å². The Balaban J connectivity index is 2.02. The van der Waals surface area contributed by atoms with Crippen LogP contribution in [-0.4, -0.2) is 16.8 Å². The van der Waals surface area contributed by atoms with Crippen LogP contribution in [0.2, 0.25) is 5.02 Å². The number of thioether (sulfide) groups is 1. The molecule has 1 fully saturated rings. The van der Waals surface area contributed by atoms with Gasteiger partial charge in [-0.1, -0.05) is 29.8 Å². The highest BCUT2D eigenvalue weighted by molar-refractivity contribution is 8.00. The molecule has 3 heteroatoms. The molecule has 0 aliphatic carbocycles. The molecule has 1 aromatic carbocycles. The van der Waals surface area contributed by atoms with Gasteiger partial charge < -0.3 is 0 Å². The third-order valence-corrected chi connectivity index (χ3v) is 4.41. The van der Waals surface area contributed by atoms with E-state index in [0.717, 1.165) is 17.7 Å². The molecule has 1 heterocycles. The van der Waals surface area contributed by atoms with E-state index in [1.54, 1.807) is 11.8 Å². The number of ketones is 1. The van der Waals surface area contributed by atoms with Gasteiger partial charge in [-0.2, -0.15) is 11.8 Å². The van der Waals surface area contributed by atoms with Crippen LogP contribution >= 0.6 is 23.4 Å². The van der Waals surface area contributed by atoms with E-state index in [9.17, 15) is 4.79 Å². The Kier molecular flexibility index (Phi) is 3.71. The molecule has 1 nitrogen and oxygen atoms in total. The zero-order valence-electron chi connectivity index (χ0n) is 8.41. The van der Waals surface area contributed by atoms with E-state index in [1.165, 1.54) is 6.42 Å². The Morgan fingerprint density at radius 3 is 2.93 bits per heavy atom. The Morgan fingerprint density at radius 2 is 2.27 bits per heavy atom. The predicted octanol–water partition coefficient (Wildman–Crippen LogP) is 3.35. The highest BCUT2D eigenvalue weighted by Gasteiger charge is 2.23. The van der Waals surface area contributed by atoms with Gasteiger partial charge in [0, 0.05) is 11.4 Å². The Hall–Kier alpha value is -0.470. The van der Waals surface area contributed by atoms with Crippen molar-refractivity contribution < 1.29 is 4.79 Å². The van der Waals surface area contributed by atoms with Gasteiger partial charge in [0.2, 0.25) is 0 Å². The summed E-state index contributed by atoms with van der Waals surface area (Å²) in [6.45, 7) is 0. The first-order chi connectivity index (χ1) is 7.27. The second kappa shape index (κ2) is 5.04. The lowest BCUT2D eigenvalue weighted by molar-refractivity contribution is -0.117. The first-order valence-corrected chi connectivity index (χ1v) is 6.58. The smallest absolute Gasteiger partial charge is 0.150 e. The van der Waals surface area contributed by atoms with E-state index in [0.29, 0.717) is 17.2 Å². The second-order valence-electron chi connectivity index (χ2n) is 3.74. The number of hydrogen-bond donors (Lipinski definition) is 0. The Labute approximate surface area is 99.2 Å². The highest BCUT2D eigenvalue weighted by Crippen LogP contribution is 2.28. The van der Waals surface area contributed by atoms with E-state index in [-0.39, 0.29) is 5.25 Å². The van der Waals surface area contributed by atoms with Crippen LogP contribution in [-0.2, 0) is 11.2 Å². The summed E-state index contributed by atoms with van der Waals surface area (Å²) in [6.07, 6.45) is 2.69. The molecular weight excluding hydrogens is 228 g/mol. The summed E-state index contributed by atoms with van der Waals surface area (Å²) in [7, 11) is 0. The maximum absolute atomic E-state index is 11.9. The standard InChI is InChI=1S/C12H13ClOS/c13-10-5-2-1-4-9(10)8-11(14)12-6-3-7-15-12/h1-2,4-5,12H,3,6-8H2. The molecule has 1 aliphatic rings. The van der Waals surface area contributed by atoms with E-state index in [4.69, 9.17) is 11.6 Å². The van der Waals surface area contributed by atoms with Crippen LogP contribution in [0.1, 0.15) is 18.4 Å². The monoisotopic (exact) mass is 240 g/mol. The van der Waals surface area contributed by atoms with Crippen LogP contribution in [0.15, 0.2) is 24.3 Å². The van der Waals surface area contributed by atoms with Gasteiger partial charge in [0.05, 0.1) is 5.25 Å². The number of hydrogen-bond acceptors (Lipinski definition) is 2. The average Bonchev–Trinajstić information content (AvgIpc) is 2.74. The topological polar surface area (TPSA) is 17.1 Å². The fourth-order valence-corrected chi connectivity index (χ4v) is 3.20. The fraction of sp³-hybridized carbons (Fsp3) is 0.417. The van der Waals surface area contributed by atoms with Crippen LogP contribution in [0.4, 0.5) is 0 Å². The fourth-order valence-electron chi connectivity index (χ4n) is 1.77. The molecule has 1 atom stereocenters. The number of carbonyl (C=O) groups excluding carboxylic acids is 1. The van der Waals surface area contributed by atoms with Crippen molar-refractivity contribution in [3.05, 3.63) is 34.9 Å². The molecule has 1 saturated heterocycles. The van der Waals surface area contributed by atoms with Crippen molar-refractivity contribution >= 4 is 29.1 Å². The van der Waals surface area contributed by atoms with Crippen LogP contribution in [0.25, 0.3) is 0 Å². The largest absolute Gasteiger partial charge is 0.298 e. The van der Waals surface area contributed by atoms with E-state index < -0.39 is 0 Å². The quantitative estimate of drug-likeness (QED) is 0.806. The summed E-state index contributed by atoms with van der Waals surface area (Å²) in [5, 5.41) is 0.912. The van der Waals surface area contributed by atoms with Gasteiger partial charge in [-0.15, -0.1) is 0 Å². The van der Waals surface area contributed by atoms with Gasteiger partial charge in [-0.25, -0.2) is 0 Å². The summed E-state index contributed by atoms with van der Waals surface area (Å²) in [4.78, 5) is 11.9. The van der Waals surface area contributed by atoms with Crippen molar-refractivity contribution in [3.63, 3.8) is 0 Å². The predicted molar refractivity (Wildman–Crippen MR) is 65.6 cm³/mol. The van der Waals surface area contributed by atoms with Crippen LogP contribution in [0.5, 0.6) is 0 Å². The second-order valence-corrected chi connectivity index (χ2v) is 5.45. The molecule has 2 rings (SSSR count). The summed E-state index contributed by atoms with van der Waals surface area (Å²) in [5.41, 5.74) is 0.955. The number of halogens is 1. The minimum absolute atomic E-state index is 0.210. The molecule has 80 valence electrons. The first-order valence-electron chi connectivity index (χ1n) is 5.15. The Morgan fingerprint density at radius 1 is 1.47 bits per heavy atom.